The number of nitrogens with one attached hydrogen (secondary N) is 3. The van der Waals surface area contributed by atoms with Gasteiger partial charge in [-0.05, 0) is 90.2 Å². The van der Waals surface area contributed by atoms with E-state index in [9.17, 15) is 40.8 Å². The molecule has 7 atom stereocenters. The van der Waals surface area contributed by atoms with Crippen LogP contribution in [0.25, 0.3) is 10.8 Å². The normalized spacial score (nSPS) is 28.7. The molecule has 19 heteroatoms. The molecule has 1 aromatic heterocycles. The number of sulfonamides is 1. The summed E-state index contributed by atoms with van der Waals surface area (Å²) in [6.45, 7) is 8.35. The van der Waals surface area contributed by atoms with Crippen LogP contribution >= 0.6 is 11.6 Å². The molecule has 4 aliphatic rings. The first-order valence-corrected chi connectivity index (χ1v) is 21.8. The first-order valence-electron chi connectivity index (χ1n) is 19.9. The number of nitrogens with zero attached hydrogens (tertiary/aromatic N) is 2. The highest BCUT2D eigenvalue weighted by Gasteiger charge is 2.62. The van der Waals surface area contributed by atoms with Crippen LogP contribution in [0.3, 0.4) is 0 Å². The number of halogens is 4. The highest BCUT2D eigenvalue weighted by atomic mass is 35.5. The second-order valence-corrected chi connectivity index (χ2v) is 19.4. The third-order valence-corrected chi connectivity index (χ3v) is 13.5. The molecule has 3 heterocycles. The third-order valence-electron chi connectivity index (χ3n) is 11.3. The molecule has 324 valence electrons. The SMILES string of the molecule is CC(C)Oc1cc2c(Cl)cccc2c(O[C@@H]2C[C@H]3C(=O)N[C@]4(C(=O)NS(=O)(=O)C5CC5)CC4/C=C\CC[C@@H](C)C[C@@H](C)[C@H](NC(=O)OC(C)(C)C(F)(F)F)C(=O)N3C2)n1. The first kappa shape index (κ1) is 44.2. The number of hydrogen-bond donors (Lipinski definition) is 3. The van der Waals surface area contributed by atoms with Crippen LogP contribution in [0.1, 0.15) is 86.5 Å². The Morgan fingerprint density at radius 2 is 1.80 bits per heavy atom. The summed E-state index contributed by atoms with van der Waals surface area (Å²) >= 11 is 6.56. The van der Waals surface area contributed by atoms with Gasteiger partial charge in [-0.25, -0.2) is 13.2 Å². The Kier molecular flexibility index (Phi) is 12.5. The van der Waals surface area contributed by atoms with Crippen LogP contribution < -0.4 is 24.8 Å². The van der Waals surface area contributed by atoms with E-state index in [-0.39, 0.29) is 43.2 Å². The van der Waals surface area contributed by atoms with Crippen molar-refractivity contribution in [1.82, 2.24) is 25.2 Å². The number of rotatable bonds is 9. The van der Waals surface area contributed by atoms with E-state index in [0.29, 0.717) is 61.7 Å². The lowest BCUT2D eigenvalue weighted by Crippen LogP contribution is -2.59. The molecule has 2 saturated carbocycles. The minimum atomic E-state index is -4.92. The lowest BCUT2D eigenvalue weighted by molar-refractivity contribution is -0.244. The maximum Gasteiger partial charge on any atom is 0.427 e. The van der Waals surface area contributed by atoms with Gasteiger partial charge in [-0.1, -0.05) is 43.7 Å². The van der Waals surface area contributed by atoms with Crippen molar-refractivity contribution in [3.05, 3.63) is 41.4 Å². The van der Waals surface area contributed by atoms with E-state index in [1.165, 1.54) is 4.90 Å². The van der Waals surface area contributed by atoms with Crippen molar-refractivity contribution in [2.45, 2.75) is 133 Å². The molecule has 0 spiro atoms. The highest BCUT2D eigenvalue weighted by Crippen LogP contribution is 2.46. The van der Waals surface area contributed by atoms with E-state index in [1.54, 1.807) is 37.3 Å². The van der Waals surface area contributed by atoms with E-state index in [2.05, 4.69) is 20.3 Å². The monoisotopic (exact) mass is 869 g/mol. The van der Waals surface area contributed by atoms with E-state index in [0.717, 1.165) is 0 Å². The average molecular weight is 870 g/mol. The molecule has 4 amide bonds. The minimum Gasteiger partial charge on any atom is -0.475 e. The number of alkyl halides is 3. The van der Waals surface area contributed by atoms with E-state index in [1.807, 2.05) is 26.8 Å². The number of ether oxygens (including phenoxy) is 3. The van der Waals surface area contributed by atoms with E-state index >= 15 is 0 Å². The molecule has 2 aromatic rings. The summed E-state index contributed by atoms with van der Waals surface area (Å²) in [4.78, 5) is 62.1. The summed E-state index contributed by atoms with van der Waals surface area (Å²) in [5.41, 5.74) is -4.54. The van der Waals surface area contributed by atoms with E-state index in [4.69, 9.17) is 25.8 Å². The second kappa shape index (κ2) is 16.6. The van der Waals surface area contributed by atoms with Gasteiger partial charge in [0.15, 0.2) is 0 Å². The van der Waals surface area contributed by atoms with Crippen LogP contribution in [0.4, 0.5) is 18.0 Å². The van der Waals surface area contributed by atoms with Gasteiger partial charge in [0.05, 0.1) is 17.9 Å². The van der Waals surface area contributed by atoms with Gasteiger partial charge >= 0.3 is 12.3 Å². The Bertz CT molecular complexity index is 2120. The zero-order valence-electron chi connectivity index (χ0n) is 33.7. The average Bonchev–Trinajstić information content (AvgIpc) is 4.05. The molecule has 59 heavy (non-hydrogen) atoms. The Morgan fingerprint density at radius 1 is 1.08 bits per heavy atom. The summed E-state index contributed by atoms with van der Waals surface area (Å²) in [6, 6.07) is 3.95. The molecule has 1 saturated heterocycles. The molecule has 2 aliphatic carbocycles. The molecular formula is C40H51ClF3N5O9S. The number of alkyl carbamates (subject to hydrolysis) is 1. The standard InChI is InChI=1S/C40H51ClF3N5O9S/c1-21(2)56-31-18-28-27(12-9-13-29(28)41)34(45-31)57-25-17-30-33(50)47-39(36(52)48-59(54,55)26-14-15-26)19-24(39)11-8-7-10-22(3)16-23(4)32(35(51)49(30)20-25)46-37(53)58-38(5,6)40(42,43)44/h8-9,11-13,18,21-26,30,32H,7,10,14-17,19-20H2,1-6H3,(H,46,53)(H,47,50)(H,48,52)/b11-8-/t22-,23-,24?,25-,30+,32+,39-/m1/s1. The molecule has 3 fully saturated rings. The Labute approximate surface area is 346 Å². The zero-order chi connectivity index (χ0) is 43.2. The van der Waals surface area contributed by atoms with Gasteiger partial charge in [-0.2, -0.15) is 18.2 Å². The fraction of sp³-hybridized carbons (Fsp3) is 0.625. The van der Waals surface area contributed by atoms with Crippen LogP contribution in [0.5, 0.6) is 11.8 Å². The number of fused-ring (bicyclic) bond motifs is 3. The number of amides is 4. The van der Waals surface area contributed by atoms with Crippen molar-refractivity contribution in [2.24, 2.45) is 17.8 Å². The van der Waals surface area contributed by atoms with Crippen LogP contribution in [0.15, 0.2) is 36.4 Å². The largest absolute Gasteiger partial charge is 0.475 e. The van der Waals surface area contributed by atoms with Gasteiger partial charge in [-0.3, -0.25) is 19.1 Å². The maximum absolute atomic E-state index is 14.8. The van der Waals surface area contributed by atoms with Crippen molar-refractivity contribution in [3.63, 3.8) is 0 Å². The molecule has 3 N–H and O–H groups in total. The third kappa shape index (κ3) is 9.84. The number of allylic oxidation sites excluding steroid dienone is 1. The quantitative estimate of drug-likeness (QED) is 0.255. The molecule has 14 nitrogen and oxygen atoms in total. The molecule has 0 radical (unpaired) electrons. The van der Waals surface area contributed by atoms with Crippen molar-refractivity contribution >= 4 is 56.2 Å². The Morgan fingerprint density at radius 3 is 2.46 bits per heavy atom. The summed E-state index contributed by atoms with van der Waals surface area (Å²) < 4.78 is 86.4. The summed E-state index contributed by atoms with van der Waals surface area (Å²) in [7, 11) is -4.00. The number of hydrogen-bond acceptors (Lipinski definition) is 10. The maximum atomic E-state index is 14.8. The van der Waals surface area contributed by atoms with E-state index < -0.39 is 86.4 Å². The van der Waals surface area contributed by atoms with Gasteiger partial charge in [0.2, 0.25) is 39.2 Å². The zero-order valence-corrected chi connectivity index (χ0v) is 35.3. The molecule has 1 unspecified atom stereocenters. The van der Waals surface area contributed by atoms with Gasteiger partial charge < -0.3 is 29.7 Å². The predicted octanol–water partition coefficient (Wildman–Crippen LogP) is 5.96. The molecule has 1 aromatic carbocycles. The van der Waals surface area contributed by atoms with Crippen molar-refractivity contribution < 1.29 is 55.0 Å². The fourth-order valence-electron chi connectivity index (χ4n) is 7.68. The summed E-state index contributed by atoms with van der Waals surface area (Å²) in [5.74, 6) is -3.47. The van der Waals surface area contributed by atoms with Gasteiger partial charge in [-0.15, -0.1) is 0 Å². The number of pyridine rings is 1. The van der Waals surface area contributed by atoms with Crippen molar-refractivity contribution in [2.75, 3.05) is 6.54 Å². The van der Waals surface area contributed by atoms with Crippen LogP contribution in [0, 0.1) is 17.8 Å². The lowest BCUT2D eigenvalue weighted by atomic mass is 9.88. The van der Waals surface area contributed by atoms with Crippen LogP contribution in [0.2, 0.25) is 5.02 Å². The number of aromatic nitrogens is 1. The molecular weight excluding hydrogens is 819 g/mol. The smallest absolute Gasteiger partial charge is 0.427 e. The number of carbonyl (C=O) groups excluding carboxylic acids is 4. The lowest BCUT2D eigenvalue weighted by Gasteiger charge is -2.34. The van der Waals surface area contributed by atoms with Crippen LogP contribution in [-0.2, 0) is 29.1 Å². The van der Waals surface area contributed by atoms with Crippen molar-refractivity contribution in [1.29, 1.82) is 0 Å². The van der Waals surface area contributed by atoms with Gasteiger partial charge in [0, 0.05) is 34.2 Å². The second-order valence-electron chi connectivity index (χ2n) is 17.0. The number of benzene rings is 1. The number of carbonyl (C=O) groups is 4. The van der Waals surface area contributed by atoms with Crippen LogP contribution in [-0.4, -0.2) is 95.5 Å². The Hall–Kier alpha value is -4.32. The topological polar surface area (TPSA) is 182 Å². The first-order chi connectivity index (χ1) is 27.5. The molecule has 0 bridgehead atoms. The summed E-state index contributed by atoms with van der Waals surface area (Å²) in [5, 5.41) is 5.90. The highest BCUT2D eigenvalue weighted by molar-refractivity contribution is 7.91. The predicted molar refractivity (Wildman–Crippen MR) is 211 cm³/mol. The fourth-order valence-corrected chi connectivity index (χ4v) is 9.27. The van der Waals surface area contributed by atoms with Gasteiger partial charge in [0.25, 0.3) is 5.91 Å². The van der Waals surface area contributed by atoms with Crippen molar-refractivity contribution in [3.8, 4) is 11.8 Å². The van der Waals surface area contributed by atoms with Gasteiger partial charge in [0.1, 0.15) is 23.7 Å². The summed E-state index contributed by atoms with van der Waals surface area (Å²) in [6.07, 6.45) is -1.73. The minimum absolute atomic E-state index is 0.0489. The molecule has 2 aliphatic heterocycles. The Balaban J connectivity index is 1.37. The molecule has 6 rings (SSSR count).